The number of methoxy groups -OCH3 is 1. The number of nitrogens with zero attached hydrogens (tertiary/aromatic N) is 1. The van der Waals surface area contributed by atoms with Gasteiger partial charge in [0.05, 0.1) is 18.8 Å². The van der Waals surface area contributed by atoms with Crippen molar-refractivity contribution in [3.63, 3.8) is 0 Å². The lowest BCUT2D eigenvalue weighted by atomic mass is 9.89. The summed E-state index contributed by atoms with van der Waals surface area (Å²) in [6.07, 6.45) is 5.23. The van der Waals surface area contributed by atoms with Crippen molar-refractivity contribution in [3.8, 4) is 5.75 Å². The van der Waals surface area contributed by atoms with Gasteiger partial charge >= 0.3 is 6.03 Å². The van der Waals surface area contributed by atoms with Crippen LogP contribution in [0.1, 0.15) is 41.6 Å². The largest absolute Gasteiger partial charge is 0.497 e. The van der Waals surface area contributed by atoms with Gasteiger partial charge in [-0.2, -0.15) is 0 Å². The number of carbonyl (C=O) groups is 2. The highest BCUT2D eigenvalue weighted by Gasteiger charge is 2.25. The molecule has 0 aromatic heterocycles. The van der Waals surface area contributed by atoms with Crippen LogP contribution in [0.4, 0.5) is 21.9 Å². The standard InChI is InChI=1S/C32H38N4O4/c1-39-27-10-5-9-25(20-27)34-32(38)35-26-12-13-30(29(21-26)31(37)33-22-28-11-6-18-40-28)36-16-14-24(15-17-36)19-23-7-3-2-4-8-23/h2-5,7-10,12-13,20-21,24,28H,6,11,14-19,22H2,1H3,(H,33,37)(H2,34,35,38)/t28-/m0/s1. The predicted molar refractivity (Wildman–Crippen MR) is 158 cm³/mol. The number of rotatable bonds is 9. The first-order valence-electron chi connectivity index (χ1n) is 14.1. The van der Waals surface area contributed by atoms with Crippen LogP contribution in [-0.4, -0.2) is 51.4 Å². The predicted octanol–water partition coefficient (Wildman–Crippen LogP) is 5.71. The summed E-state index contributed by atoms with van der Waals surface area (Å²) in [5.41, 5.74) is 3.98. The zero-order chi connectivity index (χ0) is 27.7. The van der Waals surface area contributed by atoms with Gasteiger partial charge in [-0.1, -0.05) is 36.4 Å². The third kappa shape index (κ3) is 7.33. The third-order valence-corrected chi connectivity index (χ3v) is 7.66. The van der Waals surface area contributed by atoms with Crippen molar-refractivity contribution in [2.45, 2.75) is 38.2 Å². The Morgan fingerprint density at radius 1 is 0.925 bits per heavy atom. The lowest BCUT2D eigenvalue weighted by Crippen LogP contribution is -2.37. The average molecular weight is 543 g/mol. The second kappa shape index (κ2) is 13.3. The van der Waals surface area contributed by atoms with Gasteiger partial charge in [0.25, 0.3) is 5.91 Å². The molecule has 2 aliphatic heterocycles. The Hall–Kier alpha value is -4.04. The maximum Gasteiger partial charge on any atom is 0.323 e. The molecular formula is C32H38N4O4. The number of piperidine rings is 1. The molecule has 5 rings (SSSR count). The molecule has 3 amide bonds. The molecule has 0 aliphatic carbocycles. The molecule has 2 saturated heterocycles. The Labute approximate surface area is 236 Å². The topological polar surface area (TPSA) is 91.9 Å². The van der Waals surface area contributed by atoms with E-state index in [0.717, 1.165) is 57.5 Å². The van der Waals surface area contributed by atoms with Crippen molar-refractivity contribution in [1.82, 2.24) is 5.32 Å². The van der Waals surface area contributed by atoms with E-state index in [2.05, 4.69) is 51.2 Å². The van der Waals surface area contributed by atoms with Gasteiger partial charge in [-0.15, -0.1) is 0 Å². The Morgan fingerprint density at radius 2 is 1.70 bits per heavy atom. The number of anilines is 3. The summed E-state index contributed by atoms with van der Waals surface area (Å²) in [5.74, 6) is 1.12. The summed E-state index contributed by atoms with van der Waals surface area (Å²) in [5, 5.41) is 8.75. The second-order valence-corrected chi connectivity index (χ2v) is 10.5. The van der Waals surface area contributed by atoms with E-state index < -0.39 is 6.03 Å². The number of ether oxygens (including phenoxy) is 2. The van der Waals surface area contributed by atoms with E-state index in [0.29, 0.717) is 35.2 Å². The summed E-state index contributed by atoms with van der Waals surface area (Å²) in [7, 11) is 1.58. The maximum absolute atomic E-state index is 13.4. The minimum Gasteiger partial charge on any atom is -0.497 e. The van der Waals surface area contributed by atoms with Crippen LogP contribution in [0.25, 0.3) is 0 Å². The van der Waals surface area contributed by atoms with Crippen molar-refractivity contribution in [2.75, 3.05) is 48.9 Å². The minimum absolute atomic E-state index is 0.0519. The van der Waals surface area contributed by atoms with E-state index in [1.54, 1.807) is 25.3 Å². The number of hydrogen-bond acceptors (Lipinski definition) is 5. The molecular weight excluding hydrogens is 504 g/mol. The number of hydrogen-bond donors (Lipinski definition) is 3. The highest BCUT2D eigenvalue weighted by Crippen LogP contribution is 2.30. The first kappa shape index (κ1) is 27.5. The summed E-state index contributed by atoms with van der Waals surface area (Å²) < 4.78 is 10.9. The van der Waals surface area contributed by atoms with Crippen LogP contribution in [0.5, 0.6) is 5.75 Å². The van der Waals surface area contributed by atoms with E-state index in [1.165, 1.54) is 5.56 Å². The highest BCUT2D eigenvalue weighted by molar-refractivity contribution is 6.04. The quantitative estimate of drug-likeness (QED) is 0.322. The molecule has 0 spiro atoms. The van der Waals surface area contributed by atoms with Crippen molar-refractivity contribution >= 4 is 29.0 Å². The Bertz CT molecular complexity index is 1290. The lowest BCUT2D eigenvalue weighted by Gasteiger charge is -2.35. The number of nitrogens with one attached hydrogen (secondary N) is 3. The normalized spacial score (nSPS) is 17.3. The molecule has 8 heteroatoms. The monoisotopic (exact) mass is 542 g/mol. The van der Waals surface area contributed by atoms with Gasteiger partial charge in [0, 0.05) is 49.4 Å². The summed E-state index contributed by atoms with van der Waals surface area (Å²) >= 11 is 0. The Morgan fingerprint density at radius 3 is 2.42 bits per heavy atom. The van der Waals surface area contributed by atoms with Crippen LogP contribution < -0.4 is 25.6 Å². The number of amides is 3. The van der Waals surface area contributed by atoms with Gasteiger partial charge < -0.3 is 30.3 Å². The molecule has 0 bridgehead atoms. The van der Waals surface area contributed by atoms with Crippen LogP contribution in [-0.2, 0) is 11.2 Å². The van der Waals surface area contributed by atoms with E-state index in [4.69, 9.17) is 9.47 Å². The molecule has 2 fully saturated rings. The van der Waals surface area contributed by atoms with E-state index in [-0.39, 0.29) is 12.0 Å². The molecule has 0 saturated carbocycles. The number of carbonyl (C=O) groups excluding carboxylic acids is 2. The molecule has 210 valence electrons. The molecule has 40 heavy (non-hydrogen) atoms. The van der Waals surface area contributed by atoms with Crippen LogP contribution in [0.3, 0.4) is 0 Å². The van der Waals surface area contributed by atoms with Crippen molar-refractivity contribution in [2.24, 2.45) is 5.92 Å². The smallest absolute Gasteiger partial charge is 0.323 e. The highest BCUT2D eigenvalue weighted by atomic mass is 16.5. The van der Waals surface area contributed by atoms with Gasteiger partial charge in [0.2, 0.25) is 0 Å². The number of benzene rings is 3. The summed E-state index contributed by atoms with van der Waals surface area (Å²) in [6.45, 7) is 2.98. The van der Waals surface area contributed by atoms with Gasteiger partial charge in [0.1, 0.15) is 5.75 Å². The van der Waals surface area contributed by atoms with E-state index in [9.17, 15) is 9.59 Å². The maximum atomic E-state index is 13.4. The first-order chi connectivity index (χ1) is 19.6. The molecule has 2 aliphatic rings. The molecule has 0 radical (unpaired) electrons. The van der Waals surface area contributed by atoms with E-state index >= 15 is 0 Å². The fourth-order valence-corrected chi connectivity index (χ4v) is 5.50. The molecule has 0 unspecified atom stereocenters. The molecule has 3 aromatic rings. The van der Waals surface area contributed by atoms with E-state index in [1.807, 2.05) is 24.3 Å². The Kier molecular flexibility index (Phi) is 9.18. The Balaban J connectivity index is 1.28. The summed E-state index contributed by atoms with van der Waals surface area (Å²) in [4.78, 5) is 28.5. The van der Waals surface area contributed by atoms with Crippen LogP contribution >= 0.6 is 0 Å². The fourth-order valence-electron chi connectivity index (χ4n) is 5.50. The van der Waals surface area contributed by atoms with Gasteiger partial charge in [-0.3, -0.25) is 4.79 Å². The average Bonchev–Trinajstić information content (AvgIpc) is 3.51. The number of urea groups is 1. The fraction of sp³-hybridized carbons (Fsp3) is 0.375. The van der Waals surface area contributed by atoms with Crippen molar-refractivity contribution in [3.05, 3.63) is 83.9 Å². The van der Waals surface area contributed by atoms with Gasteiger partial charge in [0.15, 0.2) is 0 Å². The zero-order valence-electron chi connectivity index (χ0n) is 23.0. The molecule has 3 N–H and O–H groups in total. The lowest BCUT2D eigenvalue weighted by molar-refractivity contribution is 0.0858. The van der Waals surface area contributed by atoms with Crippen LogP contribution in [0.2, 0.25) is 0 Å². The van der Waals surface area contributed by atoms with Crippen LogP contribution in [0, 0.1) is 5.92 Å². The molecule has 1 atom stereocenters. The second-order valence-electron chi connectivity index (χ2n) is 10.5. The minimum atomic E-state index is -0.395. The van der Waals surface area contributed by atoms with Crippen molar-refractivity contribution in [1.29, 1.82) is 0 Å². The molecule has 3 aromatic carbocycles. The molecule has 8 nitrogen and oxygen atoms in total. The van der Waals surface area contributed by atoms with Gasteiger partial charge in [-0.05, 0) is 73.9 Å². The van der Waals surface area contributed by atoms with Gasteiger partial charge in [-0.25, -0.2) is 4.79 Å². The SMILES string of the molecule is COc1cccc(NC(=O)Nc2ccc(N3CCC(Cc4ccccc4)CC3)c(C(=O)NC[C@@H]3CCCO3)c2)c1. The molecule has 2 heterocycles. The summed E-state index contributed by atoms with van der Waals surface area (Å²) in [6, 6.07) is 23.0. The third-order valence-electron chi connectivity index (χ3n) is 7.66. The first-order valence-corrected chi connectivity index (χ1v) is 14.1. The zero-order valence-corrected chi connectivity index (χ0v) is 23.0. The van der Waals surface area contributed by atoms with Crippen molar-refractivity contribution < 1.29 is 19.1 Å². The van der Waals surface area contributed by atoms with Crippen LogP contribution in [0.15, 0.2) is 72.8 Å².